The van der Waals surface area contributed by atoms with Crippen molar-refractivity contribution < 1.29 is 24.6 Å². The summed E-state index contributed by atoms with van der Waals surface area (Å²) in [5.41, 5.74) is 0.701. The summed E-state index contributed by atoms with van der Waals surface area (Å²) in [5.74, 6) is -1.09. The van der Waals surface area contributed by atoms with Crippen molar-refractivity contribution in [3.8, 4) is 0 Å². The molecule has 0 aliphatic carbocycles. The van der Waals surface area contributed by atoms with Gasteiger partial charge in [0.2, 0.25) is 5.91 Å². The number of aliphatic hydroxyl groups excluding tert-OH is 1. The molecule has 0 unspecified atom stereocenters. The first-order valence-corrected chi connectivity index (χ1v) is 5.74. The Labute approximate surface area is 110 Å². The quantitative estimate of drug-likeness (QED) is 0.789. The van der Waals surface area contributed by atoms with E-state index in [1.165, 1.54) is 0 Å². The average molecular weight is 265 g/mol. The van der Waals surface area contributed by atoms with Crippen LogP contribution in [0.1, 0.15) is 12.0 Å². The maximum Gasteiger partial charge on any atom is 0.414 e. The number of carbonyl (C=O) groups excluding carboxylic acids is 2. The minimum Gasteiger partial charge on any atom is -0.465 e. The molecule has 0 spiro atoms. The number of hydrogen-bond acceptors (Lipinski definition) is 4. The lowest BCUT2D eigenvalue weighted by atomic mass is 10.1. The number of carbonyl (C=O) groups is 3. The molecule has 0 aromatic heterocycles. The van der Waals surface area contributed by atoms with Crippen molar-refractivity contribution >= 4 is 17.8 Å². The van der Waals surface area contributed by atoms with Crippen molar-refractivity contribution in [1.82, 2.24) is 4.90 Å². The number of imide groups is 1. The van der Waals surface area contributed by atoms with E-state index in [0.717, 1.165) is 0 Å². The molecule has 1 aromatic carbocycles. The summed E-state index contributed by atoms with van der Waals surface area (Å²) in [6.45, 7) is -0.888. The lowest BCUT2D eigenvalue weighted by Crippen LogP contribution is -2.38. The molecule has 0 aliphatic rings. The summed E-state index contributed by atoms with van der Waals surface area (Å²) >= 11 is 0. The maximum atomic E-state index is 11.8. The van der Waals surface area contributed by atoms with Gasteiger partial charge in [0, 0.05) is 13.0 Å². The molecule has 2 amide bonds. The Morgan fingerprint density at radius 1 is 1.11 bits per heavy atom. The zero-order chi connectivity index (χ0) is 14.3. The van der Waals surface area contributed by atoms with Gasteiger partial charge in [-0.25, -0.2) is 9.69 Å². The van der Waals surface area contributed by atoms with Crippen molar-refractivity contribution in [2.45, 2.75) is 12.8 Å². The van der Waals surface area contributed by atoms with Crippen LogP contribution in [-0.2, 0) is 16.0 Å². The highest BCUT2D eigenvalue weighted by atomic mass is 16.4. The second-order valence-corrected chi connectivity index (χ2v) is 3.94. The largest absolute Gasteiger partial charge is 0.465 e. The van der Waals surface area contributed by atoms with Crippen LogP contribution in [0.4, 0.5) is 4.79 Å². The maximum absolute atomic E-state index is 11.8. The van der Waals surface area contributed by atoms with Gasteiger partial charge in [-0.05, 0) is 5.56 Å². The van der Waals surface area contributed by atoms with Crippen molar-refractivity contribution in [3.05, 3.63) is 35.9 Å². The fourth-order valence-corrected chi connectivity index (χ4v) is 1.51. The first-order valence-electron chi connectivity index (χ1n) is 5.74. The van der Waals surface area contributed by atoms with Crippen LogP contribution < -0.4 is 0 Å². The molecule has 102 valence electrons. The van der Waals surface area contributed by atoms with E-state index in [1.54, 1.807) is 30.3 Å². The first kappa shape index (κ1) is 14.8. The SMILES string of the molecule is O=C(CO)CCN(C(=O)O)C(=O)Cc1ccccc1. The molecule has 19 heavy (non-hydrogen) atoms. The zero-order valence-electron chi connectivity index (χ0n) is 10.3. The van der Waals surface area contributed by atoms with Crippen LogP contribution in [0, 0.1) is 0 Å². The highest BCUT2D eigenvalue weighted by molar-refractivity contribution is 5.93. The van der Waals surface area contributed by atoms with E-state index in [1.807, 2.05) is 0 Å². The van der Waals surface area contributed by atoms with E-state index in [-0.39, 0.29) is 19.4 Å². The molecule has 6 heteroatoms. The smallest absolute Gasteiger partial charge is 0.414 e. The molecule has 0 aliphatic heterocycles. The molecular formula is C13H15NO5. The number of Topliss-reactive ketones (excluding diaryl/α,β-unsaturated/α-hetero) is 1. The lowest BCUT2D eigenvalue weighted by molar-refractivity contribution is -0.129. The number of hydrogen-bond donors (Lipinski definition) is 2. The van der Waals surface area contributed by atoms with Crippen LogP contribution in [-0.4, -0.2) is 46.0 Å². The van der Waals surface area contributed by atoms with E-state index in [9.17, 15) is 14.4 Å². The fourth-order valence-electron chi connectivity index (χ4n) is 1.51. The van der Waals surface area contributed by atoms with Crippen LogP contribution in [0.5, 0.6) is 0 Å². The van der Waals surface area contributed by atoms with Gasteiger partial charge in [0.1, 0.15) is 6.61 Å². The second-order valence-electron chi connectivity index (χ2n) is 3.94. The zero-order valence-corrected chi connectivity index (χ0v) is 10.3. The Balaban J connectivity index is 2.63. The van der Waals surface area contributed by atoms with Crippen LogP contribution in [0.25, 0.3) is 0 Å². The minimum absolute atomic E-state index is 0.0412. The van der Waals surface area contributed by atoms with Crippen molar-refractivity contribution in [2.24, 2.45) is 0 Å². The van der Waals surface area contributed by atoms with Gasteiger partial charge in [-0.15, -0.1) is 0 Å². The second kappa shape index (κ2) is 7.27. The fraction of sp³-hybridized carbons (Fsp3) is 0.308. The molecule has 6 nitrogen and oxygen atoms in total. The number of carboxylic acid groups (broad SMARTS) is 1. The van der Waals surface area contributed by atoms with Gasteiger partial charge < -0.3 is 10.2 Å². The summed E-state index contributed by atoms with van der Waals surface area (Å²) in [6, 6.07) is 8.74. The van der Waals surface area contributed by atoms with Crippen molar-refractivity contribution in [1.29, 1.82) is 0 Å². The van der Waals surface area contributed by atoms with Gasteiger partial charge in [0.05, 0.1) is 6.42 Å². The average Bonchev–Trinajstić information content (AvgIpc) is 2.39. The molecule has 0 radical (unpaired) electrons. The van der Waals surface area contributed by atoms with Crippen molar-refractivity contribution in [2.75, 3.05) is 13.2 Å². The summed E-state index contributed by atoms with van der Waals surface area (Å²) < 4.78 is 0. The summed E-state index contributed by atoms with van der Waals surface area (Å²) in [5, 5.41) is 17.5. The third-order valence-corrected chi connectivity index (χ3v) is 2.52. The van der Waals surface area contributed by atoms with Crippen LogP contribution >= 0.6 is 0 Å². The van der Waals surface area contributed by atoms with E-state index < -0.39 is 24.4 Å². The number of benzene rings is 1. The molecule has 0 fully saturated rings. The van der Waals surface area contributed by atoms with Gasteiger partial charge in [-0.1, -0.05) is 30.3 Å². The van der Waals surface area contributed by atoms with Crippen LogP contribution in [0.3, 0.4) is 0 Å². The number of nitrogens with zero attached hydrogens (tertiary/aromatic N) is 1. The normalized spacial score (nSPS) is 9.95. The molecule has 0 saturated carbocycles. The predicted octanol–water partition coefficient (Wildman–Crippen LogP) is 0.687. The monoisotopic (exact) mass is 265 g/mol. The number of amides is 2. The van der Waals surface area contributed by atoms with Gasteiger partial charge in [-0.3, -0.25) is 9.59 Å². The Morgan fingerprint density at radius 2 is 1.74 bits per heavy atom. The van der Waals surface area contributed by atoms with Crippen molar-refractivity contribution in [3.63, 3.8) is 0 Å². The molecule has 2 N–H and O–H groups in total. The van der Waals surface area contributed by atoms with Gasteiger partial charge in [0.25, 0.3) is 0 Å². The van der Waals surface area contributed by atoms with Crippen LogP contribution in [0.2, 0.25) is 0 Å². The Morgan fingerprint density at radius 3 is 2.26 bits per heavy atom. The lowest BCUT2D eigenvalue weighted by Gasteiger charge is -2.16. The number of rotatable bonds is 6. The molecule has 1 aromatic rings. The molecule has 0 heterocycles. The summed E-state index contributed by atoms with van der Waals surface area (Å²) in [7, 11) is 0. The first-order chi connectivity index (χ1) is 9.04. The standard InChI is InChI=1S/C13H15NO5/c15-9-11(16)6-7-14(13(18)19)12(17)8-10-4-2-1-3-5-10/h1-5,15H,6-9H2,(H,18,19). The summed E-state index contributed by atoms with van der Waals surface area (Å²) in [4.78, 5) is 34.3. The Hall–Kier alpha value is -2.21. The van der Waals surface area contributed by atoms with Crippen LogP contribution in [0.15, 0.2) is 30.3 Å². The summed E-state index contributed by atoms with van der Waals surface area (Å²) in [6.07, 6.45) is -1.62. The minimum atomic E-state index is -1.40. The third-order valence-electron chi connectivity index (χ3n) is 2.52. The molecule has 1 rings (SSSR count). The Kier molecular flexibility index (Phi) is 5.69. The van der Waals surface area contributed by atoms with E-state index in [2.05, 4.69) is 0 Å². The molecular weight excluding hydrogens is 250 g/mol. The van der Waals surface area contributed by atoms with E-state index in [0.29, 0.717) is 10.5 Å². The van der Waals surface area contributed by atoms with E-state index >= 15 is 0 Å². The topological polar surface area (TPSA) is 94.9 Å². The Bertz CT molecular complexity index is 457. The predicted molar refractivity (Wildman–Crippen MR) is 66.6 cm³/mol. The molecule has 0 atom stereocenters. The molecule has 0 bridgehead atoms. The molecule has 0 saturated heterocycles. The van der Waals surface area contributed by atoms with Gasteiger partial charge >= 0.3 is 6.09 Å². The van der Waals surface area contributed by atoms with E-state index in [4.69, 9.17) is 10.2 Å². The highest BCUT2D eigenvalue weighted by Gasteiger charge is 2.21. The third kappa shape index (κ3) is 4.89. The highest BCUT2D eigenvalue weighted by Crippen LogP contribution is 2.04. The van der Waals surface area contributed by atoms with Gasteiger partial charge in [-0.2, -0.15) is 0 Å². The number of ketones is 1. The van der Waals surface area contributed by atoms with Gasteiger partial charge in [0.15, 0.2) is 5.78 Å². The number of aliphatic hydroxyl groups is 1.